The first-order valence-electron chi connectivity index (χ1n) is 7.05. The zero-order chi connectivity index (χ0) is 12.8. The van der Waals surface area contributed by atoms with Gasteiger partial charge in [-0.25, -0.2) is 0 Å². The summed E-state index contributed by atoms with van der Waals surface area (Å²) in [5.41, 5.74) is 0. The minimum absolute atomic E-state index is 0.207. The number of likely N-dealkylation sites (N-methyl/N-ethyl adjacent to an activating group) is 1. The molecule has 2 fully saturated rings. The molecule has 5 heteroatoms. The summed E-state index contributed by atoms with van der Waals surface area (Å²) in [6, 6.07) is 0.554. The van der Waals surface area contributed by atoms with Gasteiger partial charge in [-0.15, -0.1) is 11.8 Å². The fraction of sp³-hybridized carbons (Fsp3) is 0.923. The highest BCUT2D eigenvalue weighted by Crippen LogP contribution is 2.19. The van der Waals surface area contributed by atoms with E-state index in [1.807, 2.05) is 11.8 Å². The summed E-state index contributed by atoms with van der Waals surface area (Å²) in [6.45, 7) is 4.20. The van der Waals surface area contributed by atoms with Gasteiger partial charge in [-0.3, -0.25) is 4.79 Å². The Morgan fingerprint density at radius 1 is 1.39 bits per heavy atom. The van der Waals surface area contributed by atoms with Crippen LogP contribution in [0.25, 0.3) is 0 Å². The molecule has 0 spiro atoms. The van der Waals surface area contributed by atoms with Crippen molar-refractivity contribution in [1.29, 1.82) is 0 Å². The van der Waals surface area contributed by atoms with Crippen LogP contribution in [0.1, 0.15) is 25.7 Å². The van der Waals surface area contributed by atoms with Crippen LogP contribution in [0, 0.1) is 0 Å². The summed E-state index contributed by atoms with van der Waals surface area (Å²) in [4.78, 5) is 14.1. The van der Waals surface area contributed by atoms with Crippen LogP contribution in [0.5, 0.6) is 0 Å². The number of likely N-dealkylation sites (tertiary alicyclic amines) is 1. The molecule has 104 valence electrons. The van der Waals surface area contributed by atoms with Gasteiger partial charge in [0, 0.05) is 17.8 Å². The first kappa shape index (κ1) is 14.2. The molecule has 1 amide bonds. The molecule has 2 saturated heterocycles. The zero-order valence-electron chi connectivity index (χ0n) is 11.3. The summed E-state index contributed by atoms with van der Waals surface area (Å²) >= 11 is 1.82. The van der Waals surface area contributed by atoms with E-state index >= 15 is 0 Å². The highest BCUT2D eigenvalue weighted by Gasteiger charge is 2.21. The van der Waals surface area contributed by atoms with Crippen LogP contribution in [0.4, 0.5) is 0 Å². The third kappa shape index (κ3) is 4.44. The molecule has 0 bridgehead atoms. The topological polar surface area (TPSA) is 44.4 Å². The summed E-state index contributed by atoms with van der Waals surface area (Å²) < 4.78 is 0. The molecule has 2 aliphatic heterocycles. The molecular formula is C13H25N3OS. The molecule has 2 aliphatic rings. The molecular weight excluding hydrogens is 246 g/mol. The minimum Gasteiger partial charge on any atom is -0.354 e. The lowest BCUT2D eigenvalue weighted by Gasteiger charge is -2.22. The van der Waals surface area contributed by atoms with E-state index in [1.165, 1.54) is 32.2 Å². The number of carbonyl (C=O) groups is 1. The summed E-state index contributed by atoms with van der Waals surface area (Å²) in [6.07, 6.45) is 4.88. The van der Waals surface area contributed by atoms with E-state index in [0.717, 1.165) is 19.6 Å². The van der Waals surface area contributed by atoms with Crippen molar-refractivity contribution in [2.45, 2.75) is 37.0 Å². The van der Waals surface area contributed by atoms with Crippen molar-refractivity contribution in [3.63, 3.8) is 0 Å². The Labute approximate surface area is 114 Å². The van der Waals surface area contributed by atoms with Crippen molar-refractivity contribution in [3.8, 4) is 0 Å². The van der Waals surface area contributed by atoms with Crippen molar-refractivity contribution in [3.05, 3.63) is 0 Å². The number of nitrogens with zero attached hydrogens (tertiary/aromatic N) is 1. The average molecular weight is 271 g/mol. The number of carbonyl (C=O) groups excluding carboxylic acids is 1. The van der Waals surface area contributed by atoms with Gasteiger partial charge in [0.1, 0.15) is 0 Å². The Balaban J connectivity index is 1.57. The van der Waals surface area contributed by atoms with Crippen LogP contribution >= 0.6 is 11.8 Å². The molecule has 2 heterocycles. The number of hydrogen-bond acceptors (Lipinski definition) is 4. The molecule has 0 radical (unpaired) electrons. The second-order valence-corrected chi connectivity index (χ2v) is 6.63. The summed E-state index contributed by atoms with van der Waals surface area (Å²) in [7, 11) is 2.15. The minimum atomic E-state index is 0.207. The number of thioether (sulfide) groups is 1. The van der Waals surface area contributed by atoms with Crippen LogP contribution in [0.15, 0.2) is 0 Å². The van der Waals surface area contributed by atoms with Crippen molar-refractivity contribution >= 4 is 17.7 Å². The first-order chi connectivity index (χ1) is 8.75. The fourth-order valence-corrected chi connectivity index (χ4v) is 3.73. The van der Waals surface area contributed by atoms with E-state index in [4.69, 9.17) is 0 Å². The Hall–Kier alpha value is -0.260. The van der Waals surface area contributed by atoms with E-state index in [2.05, 4.69) is 22.6 Å². The molecule has 2 rings (SSSR count). The quantitative estimate of drug-likeness (QED) is 0.772. The molecule has 1 unspecified atom stereocenters. The van der Waals surface area contributed by atoms with E-state index in [-0.39, 0.29) is 5.91 Å². The van der Waals surface area contributed by atoms with Crippen molar-refractivity contribution in [2.24, 2.45) is 0 Å². The Morgan fingerprint density at radius 3 is 2.83 bits per heavy atom. The molecule has 2 N–H and O–H groups in total. The smallest absolute Gasteiger partial charge is 0.230 e. The van der Waals surface area contributed by atoms with E-state index in [0.29, 0.717) is 17.0 Å². The predicted molar refractivity (Wildman–Crippen MR) is 77.0 cm³/mol. The second kappa shape index (κ2) is 7.36. The van der Waals surface area contributed by atoms with Gasteiger partial charge in [0.05, 0.1) is 5.75 Å². The second-order valence-electron chi connectivity index (χ2n) is 5.34. The van der Waals surface area contributed by atoms with Crippen LogP contribution in [-0.4, -0.2) is 61.1 Å². The molecule has 18 heavy (non-hydrogen) atoms. The Kier molecular flexibility index (Phi) is 5.79. The van der Waals surface area contributed by atoms with Gasteiger partial charge in [-0.2, -0.15) is 0 Å². The van der Waals surface area contributed by atoms with Crippen molar-refractivity contribution in [2.75, 3.05) is 39.0 Å². The molecule has 4 nitrogen and oxygen atoms in total. The monoisotopic (exact) mass is 271 g/mol. The number of amides is 1. The fourth-order valence-electron chi connectivity index (χ4n) is 2.68. The van der Waals surface area contributed by atoms with Crippen LogP contribution in [0.2, 0.25) is 0 Å². The summed E-state index contributed by atoms with van der Waals surface area (Å²) in [5, 5.41) is 7.10. The third-order valence-electron chi connectivity index (χ3n) is 3.94. The number of piperidine rings is 1. The van der Waals surface area contributed by atoms with Crippen LogP contribution < -0.4 is 10.6 Å². The Morgan fingerprint density at radius 2 is 2.17 bits per heavy atom. The number of hydrogen-bond donors (Lipinski definition) is 2. The summed E-state index contributed by atoms with van der Waals surface area (Å²) in [5.74, 6) is 0.833. The maximum absolute atomic E-state index is 11.8. The lowest BCUT2D eigenvalue weighted by atomic mass is 10.2. The van der Waals surface area contributed by atoms with Gasteiger partial charge >= 0.3 is 0 Å². The van der Waals surface area contributed by atoms with Gasteiger partial charge in [-0.1, -0.05) is 0 Å². The molecule has 0 aliphatic carbocycles. The standard InChI is InChI=1S/C13H25N3OS/c1-16-8-2-3-11(16)9-15-13(17)10-18-12-4-6-14-7-5-12/h11-12,14H,2-10H2,1H3,(H,15,17). The largest absolute Gasteiger partial charge is 0.354 e. The molecule has 0 saturated carbocycles. The number of rotatable bonds is 5. The SMILES string of the molecule is CN1CCCC1CNC(=O)CSC1CCNCC1. The lowest BCUT2D eigenvalue weighted by molar-refractivity contribution is -0.118. The first-order valence-corrected chi connectivity index (χ1v) is 8.10. The zero-order valence-corrected chi connectivity index (χ0v) is 12.1. The predicted octanol–water partition coefficient (Wildman–Crippen LogP) is 0.682. The van der Waals surface area contributed by atoms with Gasteiger partial charge in [-0.05, 0) is 52.4 Å². The normalized spacial score (nSPS) is 26.4. The van der Waals surface area contributed by atoms with Crippen molar-refractivity contribution in [1.82, 2.24) is 15.5 Å². The van der Waals surface area contributed by atoms with Crippen LogP contribution in [-0.2, 0) is 4.79 Å². The maximum Gasteiger partial charge on any atom is 0.230 e. The average Bonchev–Trinajstić information content (AvgIpc) is 2.81. The molecule has 0 aromatic heterocycles. The Bertz CT molecular complexity index is 269. The lowest BCUT2D eigenvalue weighted by Crippen LogP contribution is -2.39. The van der Waals surface area contributed by atoms with E-state index in [1.54, 1.807) is 0 Å². The molecule has 1 atom stereocenters. The number of nitrogens with one attached hydrogen (secondary N) is 2. The molecule has 0 aromatic rings. The van der Waals surface area contributed by atoms with Gasteiger partial charge in [0.15, 0.2) is 0 Å². The van der Waals surface area contributed by atoms with Crippen molar-refractivity contribution < 1.29 is 4.79 Å². The van der Waals surface area contributed by atoms with Crippen LogP contribution in [0.3, 0.4) is 0 Å². The van der Waals surface area contributed by atoms with Gasteiger partial charge in [0.25, 0.3) is 0 Å². The highest BCUT2D eigenvalue weighted by atomic mass is 32.2. The highest BCUT2D eigenvalue weighted by molar-refractivity contribution is 8.00. The maximum atomic E-state index is 11.8. The molecule has 0 aromatic carbocycles. The van der Waals surface area contributed by atoms with Gasteiger partial charge < -0.3 is 15.5 Å². The van der Waals surface area contributed by atoms with E-state index < -0.39 is 0 Å². The van der Waals surface area contributed by atoms with Gasteiger partial charge in [0.2, 0.25) is 5.91 Å². The van der Waals surface area contributed by atoms with E-state index in [9.17, 15) is 4.79 Å². The third-order valence-corrected chi connectivity index (χ3v) is 5.31.